The fourth-order valence-electron chi connectivity index (χ4n) is 1.14. The van der Waals surface area contributed by atoms with E-state index in [1.165, 1.54) is 17.3 Å². The summed E-state index contributed by atoms with van der Waals surface area (Å²) in [7, 11) is 0. The molecule has 0 heterocycles. The fourth-order valence-corrected chi connectivity index (χ4v) is 1.77. The number of nitrogens with one attached hydrogen (secondary N) is 1. The molecule has 0 aliphatic heterocycles. The summed E-state index contributed by atoms with van der Waals surface area (Å²) in [5.74, 6) is 5.52. The molecule has 0 aliphatic carbocycles. The van der Waals surface area contributed by atoms with Crippen LogP contribution in [0.1, 0.15) is 19.4 Å². The number of hydrogen-bond donors (Lipinski definition) is 1. The Bertz CT molecular complexity index is 400. The lowest BCUT2D eigenvalue weighted by Gasteiger charge is -2.02. The van der Waals surface area contributed by atoms with Gasteiger partial charge in [-0.25, -0.2) is 0 Å². The smallest absolute Gasteiger partial charge is 0.284 e. The predicted molar refractivity (Wildman–Crippen MR) is 68.5 cm³/mol. The van der Waals surface area contributed by atoms with Crippen molar-refractivity contribution in [2.75, 3.05) is 6.54 Å². The second kappa shape index (κ2) is 6.97. The molecule has 1 aromatic rings. The van der Waals surface area contributed by atoms with Crippen molar-refractivity contribution >= 4 is 17.0 Å². The quantitative estimate of drug-likeness (QED) is 0.642. The van der Waals surface area contributed by atoms with Crippen LogP contribution in [0.15, 0.2) is 29.2 Å². The van der Waals surface area contributed by atoms with Crippen LogP contribution in [0.2, 0.25) is 0 Å². The fraction of sp³-hybridized carbons (Fsp3) is 0.308. The SMILES string of the molecule is CC#CCNC(=O)Sc1ccc(CC)cc1. The summed E-state index contributed by atoms with van der Waals surface area (Å²) in [6.07, 6.45) is 1.02. The summed E-state index contributed by atoms with van der Waals surface area (Å²) in [6, 6.07) is 8.02. The Morgan fingerprint density at radius 2 is 2.06 bits per heavy atom. The van der Waals surface area contributed by atoms with Crippen molar-refractivity contribution in [1.82, 2.24) is 5.32 Å². The van der Waals surface area contributed by atoms with E-state index in [0.29, 0.717) is 6.54 Å². The first-order valence-corrected chi connectivity index (χ1v) is 6.02. The van der Waals surface area contributed by atoms with Gasteiger partial charge in [0.2, 0.25) is 0 Å². The molecule has 0 radical (unpaired) electrons. The Balaban J connectivity index is 2.45. The Morgan fingerprint density at radius 3 is 2.62 bits per heavy atom. The van der Waals surface area contributed by atoms with Crippen LogP contribution in [0.4, 0.5) is 4.79 Å². The third kappa shape index (κ3) is 4.41. The maximum Gasteiger partial charge on any atom is 0.284 e. The zero-order chi connectivity index (χ0) is 11.8. The minimum absolute atomic E-state index is 0.0630. The summed E-state index contributed by atoms with van der Waals surface area (Å²) in [5, 5.41) is 2.65. The number of thioether (sulfide) groups is 1. The molecule has 0 aromatic heterocycles. The summed E-state index contributed by atoms with van der Waals surface area (Å²) >= 11 is 1.20. The van der Waals surface area contributed by atoms with E-state index < -0.39 is 0 Å². The summed E-state index contributed by atoms with van der Waals surface area (Å²) in [4.78, 5) is 12.4. The number of benzene rings is 1. The van der Waals surface area contributed by atoms with Crippen LogP contribution >= 0.6 is 11.8 Å². The standard InChI is InChI=1S/C13H15NOS/c1-3-5-10-14-13(15)16-12-8-6-11(4-2)7-9-12/h6-9H,4,10H2,1-2H3,(H,14,15). The highest BCUT2D eigenvalue weighted by Crippen LogP contribution is 2.18. The van der Waals surface area contributed by atoms with Gasteiger partial charge >= 0.3 is 0 Å². The van der Waals surface area contributed by atoms with E-state index in [1.54, 1.807) is 6.92 Å². The van der Waals surface area contributed by atoms with Crippen molar-refractivity contribution < 1.29 is 4.79 Å². The molecule has 0 aliphatic rings. The normalized spacial score (nSPS) is 9.12. The molecule has 1 amide bonds. The summed E-state index contributed by atoms with van der Waals surface area (Å²) in [6.45, 7) is 4.27. The van der Waals surface area contributed by atoms with E-state index in [-0.39, 0.29) is 5.24 Å². The van der Waals surface area contributed by atoms with E-state index in [1.807, 2.05) is 24.3 Å². The van der Waals surface area contributed by atoms with Crippen molar-refractivity contribution in [3.63, 3.8) is 0 Å². The topological polar surface area (TPSA) is 29.1 Å². The Labute approximate surface area is 101 Å². The number of hydrogen-bond acceptors (Lipinski definition) is 2. The van der Waals surface area contributed by atoms with Gasteiger partial charge in [-0.2, -0.15) is 0 Å². The first kappa shape index (κ1) is 12.7. The minimum atomic E-state index is -0.0630. The third-order valence-electron chi connectivity index (χ3n) is 2.04. The second-order valence-corrected chi connectivity index (χ2v) is 4.21. The molecule has 0 unspecified atom stereocenters. The molecule has 0 saturated carbocycles. The molecule has 16 heavy (non-hydrogen) atoms. The Morgan fingerprint density at radius 1 is 1.38 bits per heavy atom. The highest BCUT2D eigenvalue weighted by atomic mass is 32.2. The molecule has 1 rings (SSSR count). The Kier molecular flexibility index (Phi) is 5.52. The highest BCUT2D eigenvalue weighted by molar-refractivity contribution is 8.13. The lowest BCUT2D eigenvalue weighted by Crippen LogP contribution is -2.18. The lowest BCUT2D eigenvalue weighted by molar-refractivity contribution is 0.261. The number of rotatable bonds is 3. The van der Waals surface area contributed by atoms with Gasteiger partial charge < -0.3 is 5.32 Å². The molecule has 3 heteroatoms. The van der Waals surface area contributed by atoms with Crippen LogP contribution in [0.3, 0.4) is 0 Å². The van der Waals surface area contributed by atoms with E-state index >= 15 is 0 Å². The van der Waals surface area contributed by atoms with Gasteiger partial charge in [0.25, 0.3) is 5.24 Å². The van der Waals surface area contributed by atoms with Crippen molar-refractivity contribution in [2.45, 2.75) is 25.2 Å². The van der Waals surface area contributed by atoms with Crippen LogP contribution in [0.5, 0.6) is 0 Å². The second-order valence-electron chi connectivity index (χ2n) is 3.17. The van der Waals surface area contributed by atoms with Gasteiger partial charge in [-0.1, -0.05) is 25.0 Å². The van der Waals surface area contributed by atoms with Crippen LogP contribution in [-0.2, 0) is 6.42 Å². The van der Waals surface area contributed by atoms with Gasteiger partial charge in [-0.15, -0.1) is 5.92 Å². The van der Waals surface area contributed by atoms with Gasteiger partial charge in [0, 0.05) is 4.90 Å². The van der Waals surface area contributed by atoms with Gasteiger partial charge in [0.1, 0.15) is 0 Å². The zero-order valence-electron chi connectivity index (χ0n) is 9.54. The summed E-state index contributed by atoms with van der Waals surface area (Å²) < 4.78 is 0. The van der Waals surface area contributed by atoms with E-state index in [2.05, 4.69) is 24.1 Å². The number of aryl methyl sites for hydroxylation is 1. The minimum Gasteiger partial charge on any atom is -0.336 e. The van der Waals surface area contributed by atoms with Crippen molar-refractivity contribution in [1.29, 1.82) is 0 Å². The van der Waals surface area contributed by atoms with E-state index in [4.69, 9.17) is 0 Å². The number of carbonyl (C=O) groups excluding carboxylic acids is 1. The monoisotopic (exact) mass is 233 g/mol. The molecule has 2 nitrogen and oxygen atoms in total. The van der Waals surface area contributed by atoms with Crippen molar-refractivity contribution in [3.8, 4) is 11.8 Å². The third-order valence-corrected chi connectivity index (χ3v) is 2.88. The van der Waals surface area contributed by atoms with Crippen molar-refractivity contribution in [2.24, 2.45) is 0 Å². The van der Waals surface area contributed by atoms with Crippen LogP contribution in [-0.4, -0.2) is 11.8 Å². The molecule has 0 saturated heterocycles. The predicted octanol–water partition coefficient (Wildman–Crippen LogP) is 3.07. The largest absolute Gasteiger partial charge is 0.336 e. The zero-order valence-corrected chi connectivity index (χ0v) is 10.4. The van der Waals surface area contributed by atoms with Crippen LogP contribution in [0.25, 0.3) is 0 Å². The van der Waals surface area contributed by atoms with E-state index in [9.17, 15) is 4.79 Å². The first-order chi connectivity index (χ1) is 7.76. The average molecular weight is 233 g/mol. The van der Waals surface area contributed by atoms with Crippen LogP contribution in [0, 0.1) is 11.8 Å². The molecule has 84 valence electrons. The molecular weight excluding hydrogens is 218 g/mol. The Hall–Kier alpha value is -1.40. The average Bonchev–Trinajstić information content (AvgIpc) is 2.30. The molecule has 0 bridgehead atoms. The van der Waals surface area contributed by atoms with Gasteiger partial charge in [-0.3, -0.25) is 4.79 Å². The highest BCUT2D eigenvalue weighted by Gasteiger charge is 2.02. The molecular formula is C13H15NOS. The number of carbonyl (C=O) groups is 1. The first-order valence-electron chi connectivity index (χ1n) is 5.20. The van der Waals surface area contributed by atoms with Gasteiger partial charge in [-0.05, 0) is 42.8 Å². The molecule has 1 N–H and O–H groups in total. The maximum atomic E-state index is 11.4. The molecule has 0 atom stereocenters. The van der Waals surface area contributed by atoms with Crippen molar-refractivity contribution in [3.05, 3.63) is 29.8 Å². The lowest BCUT2D eigenvalue weighted by atomic mass is 10.2. The molecule has 0 spiro atoms. The maximum absolute atomic E-state index is 11.4. The van der Waals surface area contributed by atoms with Crippen LogP contribution < -0.4 is 5.32 Å². The van der Waals surface area contributed by atoms with Gasteiger partial charge in [0.15, 0.2) is 0 Å². The summed E-state index contributed by atoms with van der Waals surface area (Å²) in [5.41, 5.74) is 1.28. The van der Waals surface area contributed by atoms with Gasteiger partial charge in [0.05, 0.1) is 6.54 Å². The van der Waals surface area contributed by atoms with E-state index in [0.717, 1.165) is 11.3 Å². The number of amides is 1. The molecule has 1 aromatic carbocycles. The molecule has 0 fully saturated rings.